The zero-order chi connectivity index (χ0) is 32.7. The fraction of sp³-hybridized carbons (Fsp3) is 0.875. The van der Waals surface area contributed by atoms with Crippen molar-refractivity contribution in [3.8, 4) is 0 Å². The molecule has 0 rings (SSSR count). The quantitative estimate of drug-likeness (QED) is 0.0822. The summed E-state index contributed by atoms with van der Waals surface area (Å²) >= 11 is 0. The van der Waals surface area contributed by atoms with Gasteiger partial charge < -0.3 is 38.2 Å². The van der Waals surface area contributed by atoms with Gasteiger partial charge in [-0.15, -0.1) is 0 Å². The third-order valence-electron chi connectivity index (χ3n) is 6.69. The summed E-state index contributed by atoms with van der Waals surface area (Å²) in [6.07, 6.45) is 9.54. The van der Waals surface area contributed by atoms with Gasteiger partial charge in [-0.25, -0.2) is 0 Å². The lowest BCUT2D eigenvalue weighted by atomic mass is 10.2. The molecule has 0 aromatic carbocycles. The van der Waals surface area contributed by atoms with Crippen LogP contribution in [0.3, 0.4) is 0 Å². The Kier molecular flexibility index (Phi) is 29.1. The van der Waals surface area contributed by atoms with Crippen molar-refractivity contribution in [2.45, 2.75) is 90.9 Å². The minimum absolute atomic E-state index is 0.0549. The maximum absolute atomic E-state index is 12.2. The number of hydrogen-bond donors (Lipinski definition) is 0. The summed E-state index contributed by atoms with van der Waals surface area (Å²) in [5, 5.41) is 0. The molecule has 0 fully saturated rings. The van der Waals surface area contributed by atoms with Gasteiger partial charge in [0.05, 0.1) is 26.4 Å². The first-order valence-electron chi connectivity index (χ1n) is 16.4. The molecule has 0 aromatic rings. The van der Waals surface area contributed by atoms with Crippen LogP contribution in [-0.2, 0) is 47.6 Å². The van der Waals surface area contributed by atoms with Gasteiger partial charge in [-0.3, -0.25) is 19.2 Å². The molecule has 0 aromatic heterocycles. The van der Waals surface area contributed by atoms with Crippen molar-refractivity contribution in [2.75, 3.05) is 93.3 Å². The largest absolute Gasteiger partial charge is 0.463 e. The predicted octanol–water partition coefficient (Wildman–Crippen LogP) is 3.78. The van der Waals surface area contributed by atoms with Crippen molar-refractivity contribution in [2.24, 2.45) is 0 Å². The lowest BCUT2D eigenvalue weighted by Crippen LogP contribution is -2.32. The van der Waals surface area contributed by atoms with Gasteiger partial charge in [-0.05, 0) is 38.5 Å². The van der Waals surface area contributed by atoms with E-state index in [0.29, 0.717) is 65.2 Å². The molecule has 0 radical (unpaired) electrons. The van der Waals surface area contributed by atoms with Crippen molar-refractivity contribution in [3.63, 3.8) is 0 Å². The number of nitrogens with zero attached hydrogens (tertiary/aromatic N) is 2. The van der Waals surface area contributed by atoms with Gasteiger partial charge >= 0.3 is 11.9 Å². The molecule has 0 N–H and O–H groups in total. The van der Waals surface area contributed by atoms with Gasteiger partial charge in [0.25, 0.3) is 0 Å². The Balaban J connectivity index is 3.64. The normalized spacial score (nSPS) is 10.9. The maximum Gasteiger partial charge on any atom is 0.305 e. The average Bonchev–Trinajstić information content (AvgIpc) is 3.01. The van der Waals surface area contributed by atoms with Crippen LogP contribution in [0.5, 0.6) is 0 Å². The first kappa shape index (κ1) is 41.7. The van der Waals surface area contributed by atoms with Crippen LogP contribution in [0.1, 0.15) is 90.9 Å². The summed E-state index contributed by atoms with van der Waals surface area (Å²) < 4.78 is 31.8. The van der Waals surface area contributed by atoms with Gasteiger partial charge in [0.15, 0.2) is 0 Å². The number of ether oxygens (including phenoxy) is 6. The van der Waals surface area contributed by atoms with Gasteiger partial charge in [-0.1, -0.05) is 39.5 Å². The third kappa shape index (κ3) is 27.3. The molecule has 0 saturated heterocycles. The standard InChI is InChI=1S/C32H60N2O10/c1-5-7-19-39-23-25-43-31(37)15-11-9-13-17-33(3)29(35)27-41-21-22-42-28-30(36)34(4)18-14-10-12-16-32(38)44-26-24-40-20-8-6-2/h5-28H2,1-4H3. The van der Waals surface area contributed by atoms with Crippen LogP contribution in [0.2, 0.25) is 0 Å². The lowest BCUT2D eigenvalue weighted by Gasteiger charge is -2.18. The Morgan fingerprint density at radius 2 is 0.841 bits per heavy atom. The van der Waals surface area contributed by atoms with Crippen molar-refractivity contribution in [3.05, 3.63) is 0 Å². The molecule has 12 heteroatoms. The Morgan fingerprint density at radius 1 is 0.455 bits per heavy atom. The van der Waals surface area contributed by atoms with E-state index in [1.807, 2.05) is 0 Å². The van der Waals surface area contributed by atoms with Crippen LogP contribution in [-0.4, -0.2) is 127 Å². The number of likely N-dealkylation sites (N-methyl/N-ethyl adjacent to an activating group) is 2. The molecule has 2 amide bonds. The van der Waals surface area contributed by atoms with E-state index in [1.165, 1.54) is 0 Å². The van der Waals surface area contributed by atoms with Crippen LogP contribution in [0.4, 0.5) is 0 Å². The number of hydrogen-bond acceptors (Lipinski definition) is 10. The van der Waals surface area contributed by atoms with E-state index in [-0.39, 0.29) is 63.4 Å². The van der Waals surface area contributed by atoms with E-state index >= 15 is 0 Å². The molecule has 0 aliphatic carbocycles. The second-order valence-corrected chi connectivity index (χ2v) is 10.7. The molecule has 12 nitrogen and oxygen atoms in total. The van der Waals surface area contributed by atoms with E-state index < -0.39 is 0 Å². The van der Waals surface area contributed by atoms with Crippen LogP contribution in [0.15, 0.2) is 0 Å². The molecular formula is C32H60N2O10. The Bertz CT molecular complexity index is 678. The van der Waals surface area contributed by atoms with Crippen molar-refractivity contribution >= 4 is 23.8 Å². The van der Waals surface area contributed by atoms with E-state index in [9.17, 15) is 19.2 Å². The molecule has 0 aliphatic heterocycles. The molecule has 44 heavy (non-hydrogen) atoms. The van der Waals surface area contributed by atoms with E-state index in [4.69, 9.17) is 28.4 Å². The van der Waals surface area contributed by atoms with Crippen molar-refractivity contribution in [1.29, 1.82) is 0 Å². The predicted molar refractivity (Wildman–Crippen MR) is 167 cm³/mol. The maximum atomic E-state index is 12.2. The first-order valence-corrected chi connectivity index (χ1v) is 16.4. The van der Waals surface area contributed by atoms with Crippen molar-refractivity contribution in [1.82, 2.24) is 9.80 Å². The molecule has 0 atom stereocenters. The van der Waals surface area contributed by atoms with E-state index in [2.05, 4.69) is 13.8 Å². The molecule has 0 bridgehead atoms. The minimum Gasteiger partial charge on any atom is -0.463 e. The molecule has 0 unspecified atom stereocenters. The Morgan fingerprint density at radius 3 is 1.23 bits per heavy atom. The fourth-order valence-electron chi connectivity index (χ4n) is 3.77. The summed E-state index contributed by atoms with van der Waals surface area (Å²) in [7, 11) is 3.45. The molecule has 258 valence electrons. The summed E-state index contributed by atoms with van der Waals surface area (Å²) in [5.41, 5.74) is 0. The highest BCUT2D eigenvalue weighted by Gasteiger charge is 2.11. The number of esters is 2. The molecule has 0 aliphatic rings. The average molecular weight is 633 g/mol. The highest BCUT2D eigenvalue weighted by atomic mass is 16.6. The zero-order valence-electron chi connectivity index (χ0n) is 27.9. The third-order valence-corrected chi connectivity index (χ3v) is 6.69. The number of carbonyl (C=O) groups excluding carboxylic acids is 4. The second kappa shape index (κ2) is 30.7. The van der Waals surface area contributed by atoms with Crippen LogP contribution >= 0.6 is 0 Å². The molecule has 0 heterocycles. The summed E-state index contributed by atoms with van der Waals surface area (Å²) in [5.74, 6) is -0.701. The highest BCUT2D eigenvalue weighted by Crippen LogP contribution is 2.05. The van der Waals surface area contributed by atoms with Crippen molar-refractivity contribution < 1.29 is 47.6 Å². The van der Waals surface area contributed by atoms with Crippen LogP contribution < -0.4 is 0 Å². The van der Waals surface area contributed by atoms with Crippen LogP contribution in [0, 0.1) is 0 Å². The highest BCUT2D eigenvalue weighted by molar-refractivity contribution is 5.77. The van der Waals surface area contributed by atoms with Gasteiger partial charge in [0.1, 0.15) is 26.4 Å². The summed E-state index contributed by atoms with van der Waals surface area (Å²) in [6, 6.07) is 0. The first-order chi connectivity index (χ1) is 21.3. The number of unbranched alkanes of at least 4 members (excludes halogenated alkanes) is 6. The fourth-order valence-corrected chi connectivity index (χ4v) is 3.77. The SMILES string of the molecule is CCCCOCCOC(=O)CCCCCN(C)C(=O)COCCOCC(=O)N(C)CCCCCC(=O)OCCOCCCC. The molecular weight excluding hydrogens is 572 g/mol. The lowest BCUT2D eigenvalue weighted by molar-refractivity contribution is -0.146. The monoisotopic (exact) mass is 632 g/mol. The number of carbonyl (C=O) groups is 4. The summed E-state index contributed by atoms with van der Waals surface area (Å²) in [6.45, 7) is 8.50. The molecule has 0 spiro atoms. The second-order valence-electron chi connectivity index (χ2n) is 10.7. The topological polar surface area (TPSA) is 130 Å². The number of amides is 2. The smallest absolute Gasteiger partial charge is 0.305 e. The van der Waals surface area contributed by atoms with Crippen LogP contribution in [0.25, 0.3) is 0 Å². The zero-order valence-corrected chi connectivity index (χ0v) is 27.9. The Labute approximate surface area is 265 Å². The van der Waals surface area contributed by atoms with E-state index in [0.717, 1.165) is 51.4 Å². The van der Waals surface area contributed by atoms with E-state index in [1.54, 1.807) is 23.9 Å². The number of rotatable bonds is 31. The Hall–Kier alpha value is -2.28. The molecule has 0 saturated carbocycles. The van der Waals surface area contributed by atoms with Gasteiger partial charge in [0.2, 0.25) is 11.8 Å². The summed E-state index contributed by atoms with van der Waals surface area (Å²) in [4.78, 5) is 51.1. The minimum atomic E-state index is -0.219. The van der Waals surface area contributed by atoms with Gasteiger partial charge in [-0.2, -0.15) is 0 Å². The van der Waals surface area contributed by atoms with Gasteiger partial charge in [0, 0.05) is 53.2 Å².